The standard InChI is InChI=1S/C22H26N2O2/c1-15-3-6-18(16(2)13-15)9-12-21(25)23-14-17-4-10-20(11-5-17)24-22(26)19-7-8-19/h3-6,10-11,13,19H,7-9,12,14H2,1-2H3,(H,23,25)(H,24,26). The minimum absolute atomic E-state index is 0.0519. The van der Waals surface area contributed by atoms with Crippen molar-refractivity contribution in [1.29, 1.82) is 0 Å². The molecule has 4 nitrogen and oxygen atoms in total. The molecular formula is C22H26N2O2. The molecule has 2 N–H and O–H groups in total. The maximum atomic E-state index is 12.1. The van der Waals surface area contributed by atoms with Crippen molar-refractivity contribution in [2.24, 2.45) is 5.92 Å². The Hall–Kier alpha value is -2.62. The predicted octanol–water partition coefficient (Wildman–Crippen LogP) is 3.90. The summed E-state index contributed by atoms with van der Waals surface area (Å²) in [7, 11) is 0. The Labute approximate surface area is 155 Å². The van der Waals surface area contributed by atoms with Crippen LogP contribution >= 0.6 is 0 Å². The molecule has 1 aliphatic rings. The van der Waals surface area contributed by atoms with Gasteiger partial charge in [-0.1, -0.05) is 35.9 Å². The molecule has 136 valence electrons. The number of carbonyl (C=O) groups excluding carboxylic acids is 2. The van der Waals surface area contributed by atoms with Gasteiger partial charge in [0.15, 0.2) is 0 Å². The largest absolute Gasteiger partial charge is 0.352 e. The first-order chi connectivity index (χ1) is 12.5. The Bertz CT molecular complexity index is 792. The van der Waals surface area contributed by atoms with E-state index in [0.29, 0.717) is 13.0 Å². The molecule has 0 aliphatic heterocycles. The topological polar surface area (TPSA) is 58.2 Å². The van der Waals surface area contributed by atoms with E-state index in [4.69, 9.17) is 0 Å². The van der Waals surface area contributed by atoms with Crippen LogP contribution in [0.4, 0.5) is 5.69 Å². The highest BCUT2D eigenvalue weighted by Gasteiger charge is 2.29. The number of nitrogens with one attached hydrogen (secondary N) is 2. The van der Waals surface area contributed by atoms with E-state index in [-0.39, 0.29) is 17.7 Å². The van der Waals surface area contributed by atoms with E-state index < -0.39 is 0 Å². The van der Waals surface area contributed by atoms with Crippen LogP contribution in [-0.4, -0.2) is 11.8 Å². The molecule has 4 heteroatoms. The monoisotopic (exact) mass is 350 g/mol. The Morgan fingerprint density at radius 2 is 1.77 bits per heavy atom. The van der Waals surface area contributed by atoms with Gasteiger partial charge in [0.25, 0.3) is 0 Å². The molecular weight excluding hydrogens is 324 g/mol. The van der Waals surface area contributed by atoms with Crippen molar-refractivity contribution in [3.8, 4) is 0 Å². The van der Waals surface area contributed by atoms with Gasteiger partial charge in [0.2, 0.25) is 11.8 Å². The highest BCUT2D eigenvalue weighted by Crippen LogP contribution is 2.30. The van der Waals surface area contributed by atoms with Gasteiger partial charge < -0.3 is 10.6 Å². The van der Waals surface area contributed by atoms with Crippen molar-refractivity contribution in [1.82, 2.24) is 5.32 Å². The zero-order valence-electron chi connectivity index (χ0n) is 15.5. The van der Waals surface area contributed by atoms with Crippen LogP contribution in [0.25, 0.3) is 0 Å². The molecule has 0 heterocycles. The third kappa shape index (κ3) is 5.19. The Morgan fingerprint density at radius 1 is 1.04 bits per heavy atom. The summed E-state index contributed by atoms with van der Waals surface area (Å²) in [5, 5.41) is 5.88. The summed E-state index contributed by atoms with van der Waals surface area (Å²) in [5.74, 6) is 0.361. The lowest BCUT2D eigenvalue weighted by Crippen LogP contribution is -2.23. The van der Waals surface area contributed by atoms with Crippen LogP contribution in [0.5, 0.6) is 0 Å². The van der Waals surface area contributed by atoms with Gasteiger partial charge >= 0.3 is 0 Å². The smallest absolute Gasteiger partial charge is 0.227 e. The molecule has 1 aliphatic carbocycles. The van der Waals surface area contributed by atoms with E-state index in [1.807, 2.05) is 24.3 Å². The average molecular weight is 350 g/mol. The molecule has 26 heavy (non-hydrogen) atoms. The second-order valence-electron chi connectivity index (χ2n) is 7.17. The van der Waals surface area contributed by atoms with Crippen LogP contribution in [-0.2, 0) is 22.6 Å². The first-order valence-electron chi connectivity index (χ1n) is 9.24. The molecule has 1 saturated carbocycles. The van der Waals surface area contributed by atoms with Crippen molar-refractivity contribution in [3.63, 3.8) is 0 Å². The molecule has 0 unspecified atom stereocenters. The molecule has 2 aromatic carbocycles. The van der Waals surface area contributed by atoms with Gasteiger partial charge in [-0.3, -0.25) is 9.59 Å². The second-order valence-corrected chi connectivity index (χ2v) is 7.17. The minimum atomic E-state index is 0.0519. The normalized spacial score (nSPS) is 13.3. The molecule has 0 atom stereocenters. The third-order valence-corrected chi connectivity index (χ3v) is 4.78. The second kappa shape index (κ2) is 8.17. The van der Waals surface area contributed by atoms with Crippen LogP contribution < -0.4 is 10.6 Å². The first-order valence-corrected chi connectivity index (χ1v) is 9.24. The Kier molecular flexibility index (Phi) is 5.71. The molecule has 3 rings (SSSR count). The maximum Gasteiger partial charge on any atom is 0.227 e. The quantitative estimate of drug-likeness (QED) is 0.796. The first kappa shape index (κ1) is 18.2. The number of benzene rings is 2. The molecule has 0 aromatic heterocycles. The summed E-state index contributed by atoms with van der Waals surface area (Å²) in [4.78, 5) is 23.8. The van der Waals surface area contributed by atoms with Gasteiger partial charge in [0.1, 0.15) is 0 Å². The maximum absolute atomic E-state index is 12.1. The Balaban J connectivity index is 1.42. The number of hydrogen-bond donors (Lipinski definition) is 2. The van der Waals surface area contributed by atoms with Gasteiger partial charge in [-0.2, -0.15) is 0 Å². The summed E-state index contributed by atoms with van der Waals surface area (Å²) in [6, 6.07) is 14.0. The van der Waals surface area contributed by atoms with Crippen LogP contribution in [0.1, 0.15) is 41.5 Å². The lowest BCUT2D eigenvalue weighted by atomic mass is 10.0. The summed E-state index contributed by atoms with van der Waals surface area (Å²) in [5.41, 5.74) is 5.54. The number of amides is 2. The van der Waals surface area contributed by atoms with E-state index in [9.17, 15) is 9.59 Å². The van der Waals surface area contributed by atoms with Crippen molar-refractivity contribution in [2.45, 2.75) is 46.1 Å². The van der Waals surface area contributed by atoms with Gasteiger partial charge in [0, 0.05) is 24.6 Å². The number of rotatable bonds is 7. The van der Waals surface area contributed by atoms with Crippen LogP contribution in [0.3, 0.4) is 0 Å². The van der Waals surface area contributed by atoms with E-state index in [1.165, 1.54) is 16.7 Å². The van der Waals surface area contributed by atoms with Gasteiger partial charge in [0.05, 0.1) is 0 Å². The number of carbonyl (C=O) groups is 2. The number of hydrogen-bond acceptors (Lipinski definition) is 2. The van der Waals surface area contributed by atoms with Crippen molar-refractivity contribution in [2.75, 3.05) is 5.32 Å². The summed E-state index contributed by atoms with van der Waals surface area (Å²) in [6.45, 7) is 4.67. The molecule has 2 aromatic rings. The molecule has 0 bridgehead atoms. The summed E-state index contributed by atoms with van der Waals surface area (Å²) in [6.07, 6.45) is 3.24. The lowest BCUT2D eigenvalue weighted by molar-refractivity contribution is -0.121. The molecule has 0 radical (unpaired) electrons. The third-order valence-electron chi connectivity index (χ3n) is 4.78. The number of anilines is 1. The SMILES string of the molecule is Cc1ccc(CCC(=O)NCc2ccc(NC(=O)C3CC3)cc2)c(C)c1. The predicted molar refractivity (Wildman–Crippen MR) is 104 cm³/mol. The fourth-order valence-corrected chi connectivity index (χ4v) is 2.96. The minimum Gasteiger partial charge on any atom is -0.352 e. The van der Waals surface area contributed by atoms with Crippen molar-refractivity contribution >= 4 is 17.5 Å². The fraction of sp³-hybridized carbons (Fsp3) is 0.364. The zero-order valence-corrected chi connectivity index (χ0v) is 15.5. The van der Waals surface area contributed by atoms with Crippen molar-refractivity contribution in [3.05, 3.63) is 64.7 Å². The molecule has 0 saturated heterocycles. The Morgan fingerprint density at radius 3 is 2.42 bits per heavy atom. The number of aryl methyl sites for hydroxylation is 3. The average Bonchev–Trinajstić information content (AvgIpc) is 3.45. The highest BCUT2D eigenvalue weighted by atomic mass is 16.2. The fourth-order valence-electron chi connectivity index (χ4n) is 2.96. The van der Waals surface area contributed by atoms with Gasteiger partial charge in [-0.25, -0.2) is 0 Å². The van der Waals surface area contributed by atoms with Crippen LogP contribution in [0.15, 0.2) is 42.5 Å². The molecule has 0 spiro atoms. The van der Waals surface area contributed by atoms with Crippen LogP contribution in [0, 0.1) is 19.8 Å². The highest BCUT2D eigenvalue weighted by molar-refractivity contribution is 5.94. The van der Waals surface area contributed by atoms with E-state index in [2.05, 4.69) is 42.7 Å². The zero-order chi connectivity index (χ0) is 18.5. The van der Waals surface area contributed by atoms with Gasteiger partial charge in [-0.15, -0.1) is 0 Å². The van der Waals surface area contributed by atoms with E-state index >= 15 is 0 Å². The van der Waals surface area contributed by atoms with Gasteiger partial charge in [-0.05, 0) is 61.9 Å². The van der Waals surface area contributed by atoms with E-state index in [1.54, 1.807) is 0 Å². The van der Waals surface area contributed by atoms with Crippen molar-refractivity contribution < 1.29 is 9.59 Å². The molecule has 1 fully saturated rings. The summed E-state index contributed by atoms with van der Waals surface area (Å²) < 4.78 is 0. The summed E-state index contributed by atoms with van der Waals surface area (Å²) >= 11 is 0. The molecule has 2 amide bonds. The van der Waals surface area contributed by atoms with E-state index in [0.717, 1.165) is 30.5 Å². The van der Waals surface area contributed by atoms with Crippen LogP contribution in [0.2, 0.25) is 0 Å². The lowest BCUT2D eigenvalue weighted by Gasteiger charge is -2.09.